The Morgan fingerprint density at radius 1 is 1.10 bits per heavy atom. The average molecular weight is 400 g/mol. The summed E-state index contributed by atoms with van der Waals surface area (Å²) in [6.07, 6.45) is 3.66. The standard InChI is InChI=1S/C15H16Br2N2O/c1-10-3-12(8-19-6-10)9-20-15-13(16)4-11(7-18-2)5-14(15)17/h3-6,8,18H,7,9H2,1-2H3. The molecule has 0 aliphatic carbocycles. The van der Waals surface area contributed by atoms with Crippen LogP contribution in [0.5, 0.6) is 5.75 Å². The Hall–Kier alpha value is -0.910. The monoisotopic (exact) mass is 398 g/mol. The quantitative estimate of drug-likeness (QED) is 0.817. The van der Waals surface area contributed by atoms with Crippen molar-refractivity contribution in [1.29, 1.82) is 0 Å². The molecule has 1 heterocycles. The number of nitrogens with zero attached hydrogens (tertiary/aromatic N) is 1. The fraction of sp³-hybridized carbons (Fsp3) is 0.267. The van der Waals surface area contributed by atoms with Gasteiger partial charge >= 0.3 is 0 Å². The molecule has 0 spiro atoms. The highest BCUT2D eigenvalue weighted by molar-refractivity contribution is 9.11. The summed E-state index contributed by atoms with van der Waals surface area (Å²) < 4.78 is 7.77. The lowest BCUT2D eigenvalue weighted by Gasteiger charge is -2.12. The van der Waals surface area contributed by atoms with E-state index in [1.54, 1.807) is 0 Å². The predicted octanol–water partition coefficient (Wildman–Crippen LogP) is 4.21. The van der Waals surface area contributed by atoms with E-state index in [4.69, 9.17) is 4.74 Å². The lowest BCUT2D eigenvalue weighted by molar-refractivity contribution is 0.301. The van der Waals surface area contributed by atoms with Crippen LogP contribution in [0.2, 0.25) is 0 Å². The number of nitrogens with one attached hydrogen (secondary N) is 1. The third-order valence-corrected chi connectivity index (χ3v) is 3.93. The van der Waals surface area contributed by atoms with E-state index in [-0.39, 0.29) is 0 Å². The highest BCUT2D eigenvalue weighted by Gasteiger charge is 2.09. The molecule has 0 fully saturated rings. The molecule has 2 rings (SSSR count). The van der Waals surface area contributed by atoms with Gasteiger partial charge in [0, 0.05) is 24.5 Å². The predicted molar refractivity (Wildman–Crippen MR) is 87.9 cm³/mol. The van der Waals surface area contributed by atoms with Gasteiger partial charge < -0.3 is 10.1 Å². The topological polar surface area (TPSA) is 34.1 Å². The Bertz CT molecular complexity index is 579. The van der Waals surface area contributed by atoms with E-state index in [2.05, 4.69) is 60.4 Å². The number of pyridine rings is 1. The summed E-state index contributed by atoms with van der Waals surface area (Å²) >= 11 is 7.12. The summed E-state index contributed by atoms with van der Waals surface area (Å²) in [5.74, 6) is 0.811. The molecule has 0 amide bonds. The zero-order valence-corrected chi connectivity index (χ0v) is 14.6. The minimum Gasteiger partial charge on any atom is -0.486 e. The molecule has 106 valence electrons. The second kappa shape index (κ2) is 7.20. The molecule has 2 aromatic rings. The van der Waals surface area contributed by atoms with Crippen LogP contribution < -0.4 is 10.1 Å². The number of ether oxygens (including phenoxy) is 1. The largest absolute Gasteiger partial charge is 0.486 e. The van der Waals surface area contributed by atoms with Crippen molar-refractivity contribution in [3.63, 3.8) is 0 Å². The average Bonchev–Trinajstić information content (AvgIpc) is 2.38. The van der Waals surface area contributed by atoms with E-state index < -0.39 is 0 Å². The smallest absolute Gasteiger partial charge is 0.148 e. The lowest BCUT2D eigenvalue weighted by atomic mass is 10.2. The van der Waals surface area contributed by atoms with Gasteiger partial charge in [-0.05, 0) is 75.2 Å². The molecule has 0 aliphatic rings. The molecule has 1 aromatic heterocycles. The number of halogens is 2. The van der Waals surface area contributed by atoms with Crippen LogP contribution in [0.25, 0.3) is 0 Å². The minimum atomic E-state index is 0.497. The van der Waals surface area contributed by atoms with Crippen molar-refractivity contribution in [2.45, 2.75) is 20.1 Å². The molecule has 0 aliphatic heterocycles. The molecule has 1 N–H and O–H groups in total. The van der Waals surface area contributed by atoms with E-state index in [1.807, 2.05) is 26.4 Å². The highest BCUT2D eigenvalue weighted by Crippen LogP contribution is 2.35. The summed E-state index contributed by atoms with van der Waals surface area (Å²) in [4.78, 5) is 4.17. The third kappa shape index (κ3) is 4.04. The van der Waals surface area contributed by atoms with Crippen molar-refractivity contribution >= 4 is 31.9 Å². The Morgan fingerprint density at radius 2 is 1.80 bits per heavy atom. The Labute approximate surface area is 136 Å². The number of rotatable bonds is 5. The van der Waals surface area contributed by atoms with Crippen LogP contribution in [0.15, 0.2) is 39.5 Å². The number of benzene rings is 1. The van der Waals surface area contributed by atoms with Crippen LogP contribution in [0.3, 0.4) is 0 Å². The minimum absolute atomic E-state index is 0.497. The van der Waals surface area contributed by atoms with Crippen molar-refractivity contribution in [3.8, 4) is 5.75 Å². The zero-order valence-electron chi connectivity index (χ0n) is 11.4. The Kier molecular flexibility index (Phi) is 5.57. The number of hydrogen-bond donors (Lipinski definition) is 1. The summed E-state index contributed by atoms with van der Waals surface area (Å²) in [6, 6.07) is 6.19. The van der Waals surface area contributed by atoms with Crippen molar-refractivity contribution in [1.82, 2.24) is 10.3 Å². The maximum atomic E-state index is 5.89. The Morgan fingerprint density at radius 3 is 2.40 bits per heavy atom. The molecule has 0 saturated heterocycles. The van der Waals surface area contributed by atoms with E-state index in [0.717, 1.165) is 32.4 Å². The fourth-order valence-corrected chi connectivity index (χ4v) is 3.42. The molecule has 0 bridgehead atoms. The summed E-state index contributed by atoms with van der Waals surface area (Å²) in [5, 5.41) is 3.13. The first kappa shape index (κ1) is 15.5. The molecule has 5 heteroatoms. The highest BCUT2D eigenvalue weighted by atomic mass is 79.9. The first-order valence-electron chi connectivity index (χ1n) is 6.26. The van der Waals surface area contributed by atoms with Crippen LogP contribution in [-0.4, -0.2) is 12.0 Å². The van der Waals surface area contributed by atoms with E-state index in [1.165, 1.54) is 5.56 Å². The van der Waals surface area contributed by atoms with Gasteiger partial charge in [0.15, 0.2) is 0 Å². The van der Waals surface area contributed by atoms with Crippen molar-refractivity contribution in [2.24, 2.45) is 0 Å². The second-order valence-electron chi connectivity index (χ2n) is 4.58. The maximum Gasteiger partial charge on any atom is 0.148 e. The molecule has 0 atom stereocenters. The van der Waals surface area contributed by atoms with E-state index >= 15 is 0 Å². The van der Waals surface area contributed by atoms with Gasteiger partial charge in [-0.1, -0.05) is 0 Å². The van der Waals surface area contributed by atoms with Gasteiger partial charge in [0.25, 0.3) is 0 Å². The van der Waals surface area contributed by atoms with Gasteiger partial charge in [-0.15, -0.1) is 0 Å². The summed E-state index contributed by atoms with van der Waals surface area (Å²) in [6.45, 7) is 3.34. The molecule has 0 saturated carbocycles. The third-order valence-electron chi connectivity index (χ3n) is 2.75. The van der Waals surface area contributed by atoms with Crippen LogP contribution in [-0.2, 0) is 13.2 Å². The molecule has 0 radical (unpaired) electrons. The van der Waals surface area contributed by atoms with Crippen LogP contribution in [0.1, 0.15) is 16.7 Å². The number of aromatic nitrogens is 1. The normalized spacial score (nSPS) is 10.6. The van der Waals surface area contributed by atoms with Gasteiger partial charge in [0.2, 0.25) is 0 Å². The van der Waals surface area contributed by atoms with Crippen LogP contribution in [0.4, 0.5) is 0 Å². The van der Waals surface area contributed by atoms with E-state index in [0.29, 0.717) is 6.61 Å². The fourth-order valence-electron chi connectivity index (χ4n) is 1.91. The van der Waals surface area contributed by atoms with Crippen molar-refractivity contribution in [3.05, 3.63) is 56.2 Å². The first-order chi connectivity index (χ1) is 9.60. The molecule has 0 unspecified atom stereocenters. The van der Waals surface area contributed by atoms with Crippen molar-refractivity contribution in [2.75, 3.05) is 7.05 Å². The lowest BCUT2D eigenvalue weighted by Crippen LogP contribution is -2.05. The zero-order chi connectivity index (χ0) is 14.5. The maximum absolute atomic E-state index is 5.89. The number of hydrogen-bond acceptors (Lipinski definition) is 3. The van der Waals surface area contributed by atoms with Crippen LogP contribution >= 0.6 is 31.9 Å². The van der Waals surface area contributed by atoms with Gasteiger partial charge in [0.1, 0.15) is 12.4 Å². The Balaban J connectivity index is 2.13. The second-order valence-corrected chi connectivity index (χ2v) is 6.29. The molecular weight excluding hydrogens is 384 g/mol. The summed E-state index contributed by atoms with van der Waals surface area (Å²) in [7, 11) is 1.93. The SMILES string of the molecule is CNCc1cc(Br)c(OCc2cncc(C)c2)c(Br)c1. The molecule has 3 nitrogen and oxygen atoms in total. The molecule has 20 heavy (non-hydrogen) atoms. The molecular formula is C15H16Br2N2O. The summed E-state index contributed by atoms with van der Waals surface area (Å²) in [5.41, 5.74) is 3.38. The van der Waals surface area contributed by atoms with Gasteiger partial charge in [-0.3, -0.25) is 4.98 Å². The van der Waals surface area contributed by atoms with Crippen LogP contribution in [0, 0.1) is 6.92 Å². The van der Waals surface area contributed by atoms with Crippen molar-refractivity contribution < 1.29 is 4.74 Å². The van der Waals surface area contributed by atoms with E-state index in [9.17, 15) is 0 Å². The number of aryl methyl sites for hydroxylation is 1. The van der Waals surface area contributed by atoms with Gasteiger partial charge in [-0.25, -0.2) is 0 Å². The van der Waals surface area contributed by atoms with Gasteiger partial charge in [-0.2, -0.15) is 0 Å². The first-order valence-corrected chi connectivity index (χ1v) is 7.84. The molecule has 1 aromatic carbocycles. The van der Waals surface area contributed by atoms with Gasteiger partial charge in [0.05, 0.1) is 8.95 Å².